The normalized spacial score (nSPS) is 15.2. The number of aliphatic imine (C=N–C) groups is 1. The van der Waals surface area contributed by atoms with E-state index in [-0.39, 0.29) is 16.5 Å². The Hall–Kier alpha value is -3.75. The van der Waals surface area contributed by atoms with Crippen LogP contribution in [0.3, 0.4) is 0 Å². The van der Waals surface area contributed by atoms with Gasteiger partial charge in [0.25, 0.3) is 16.0 Å². The Bertz CT molecular complexity index is 1310. The molecule has 7 nitrogen and oxygen atoms in total. The largest absolute Gasteiger partial charge is 0.378 e. The van der Waals surface area contributed by atoms with E-state index >= 15 is 0 Å². The molecule has 3 aromatic rings. The lowest BCUT2D eigenvalue weighted by molar-refractivity contribution is -0.113. The zero-order valence-electron chi connectivity index (χ0n) is 17.5. The minimum absolute atomic E-state index is 0.247. The lowest BCUT2D eigenvalue weighted by Crippen LogP contribution is -2.32. The summed E-state index contributed by atoms with van der Waals surface area (Å²) in [6.07, 6.45) is 1.72. The predicted molar refractivity (Wildman–Crippen MR) is 125 cm³/mol. The van der Waals surface area contributed by atoms with Crippen LogP contribution < -0.4 is 9.80 Å². The number of carbonyl (C=O) groups excluding carboxylic acids is 1. The standard InChI is InChI=1S/C24H21N3O4S/c1-26(2)19-10-8-17(9-11-19)16-22-24(28)27(23(25-22)18-6-4-3-5-7-18)20-12-14-21(15-13-20)32(29,30)31/h3-16H,1-2H3,(H,29,30,31). The number of amides is 1. The topological polar surface area (TPSA) is 90.3 Å². The molecule has 4 rings (SSSR count). The summed E-state index contributed by atoms with van der Waals surface area (Å²) in [6.45, 7) is 0. The fourth-order valence-electron chi connectivity index (χ4n) is 3.33. The first-order valence-electron chi connectivity index (χ1n) is 9.79. The molecule has 0 saturated carbocycles. The van der Waals surface area contributed by atoms with Crippen LogP contribution in [0.15, 0.2) is 94.4 Å². The maximum Gasteiger partial charge on any atom is 0.294 e. The third kappa shape index (κ3) is 4.32. The molecule has 3 aromatic carbocycles. The summed E-state index contributed by atoms with van der Waals surface area (Å²) in [5, 5.41) is 0. The Morgan fingerprint density at radius 2 is 1.53 bits per heavy atom. The van der Waals surface area contributed by atoms with Crippen molar-refractivity contribution in [3.05, 3.63) is 95.7 Å². The van der Waals surface area contributed by atoms with Crippen molar-refractivity contribution in [3.63, 3.8) is 0 Å². The van der Waals surface area contributed by atoms with Crippen molar-refractivity contribution >= 4 is 39.3 Å². The quantitative estimate of drug-likeness (QED) is 0.474. The molecule has 1 heterocycles. The number of rotatable bonds is 5. The Balaban J connectivity index is 1.76. The molecule has 1 aliphatic heterocycles. The Morgan fingerprint density at radius 1 is 0.906 bits per heavy atom. The second-order valence-corrected chi connectivity index (χ2v) is 8.85. The van der Waals surface area contributed by atoms with Gasteiger partial charge >= 0.3 is 0 Å². The van der Waals surface area contributed by atoms with Gasteiger partial charge in [-0.25, -0.2) is 4.99 Å². The highest BCUT2D eigenvalue weighted by Crippen LogP contribution is 2.29. The summed E-state index contributed by atoms with van der Waals surface area (Å²) in [7, 11) is -0.424. The van der Waals surface area contributed by atoms with Crippen molar-refractivity contribution in [2.45, 2.75) is 4.90 Å². The van der Waals surface area contributed by atoms with Gasteiger partial charge in [-0.1, -0.05) is 42.5 Å². The minimum Gasteiger partial charge on any atom is -0.378 e. The molecule has 0 radical (unpaired) electrons. The molecule has 8 heteroatoms. The molecule has 0 aliphatic carbocycles. The highest BCUT2D eigenvalue weighted by molar-refractivity contribution is 7.85. The van der Waals surface area contributed by atoms with Gasteiger partial charge in [-0.3, -0.25) is 14.2 Å². The lowest BCUT2D eigenvalue weighted by atomic mass is 10.1. The van der Waals surface area contributed by atoms with E-state index in [1.165, 1.54) is 29.2 Å². The van der Waals surface area contributed by atoms with Crippen molar-refractivity contribution in [3.8, 4) is 0 Å². The van der Waals surface area contributed by atoms with Crippen molar-refractivity contribution in [2.24, 2.45) is 4.99 Å². The first-order chi connectivity index (χ1) is 15.2. The number of amidine groups is 1. The first kappa shape index (κ1) is 21.5. The molecule has 162 valence electrons. The number of hydrogen-bond acceptors (Lipinski definition) is 5. The average Bonchev–Trinajstić information content (AvgIpc) is 3.10. The third-order valence-electron chi connectivity index (χ3n) is 5.00. The third-order valence-corrected chi connectivity index (χ3v) is 5.87. The van der Waals surface area contributed by atoms with Crippen LogP contribution in [0.25, 0.3) is 6.08 Å². The zero-order chi connectivity index (χ0) is 22.9. The van der Waals surface area contributed by atoms with Crippen LogP contribution in [0.1, 0.15) is 11.1 Å². The summed E-state index contributed by atoms with van der Waals surface area (Å²) in [4.78, 5) is 21.1. The highest BCUT2D eigenvalue weighted by Gasteiger charge is 2.32. The van der Waals surface area contributed by atoms with Crippen LogP contribution in [0.4, 0.5) is 11.4 Å². The van der Waals surface area contributed by atoms with Gasteiger partial charge in [0.05, 0.1) is 10.6 Å². The van der Waals surface area contributed by atoms with Crippen LogP contribution in [0.2, 0.25) is 0 Å². The number of anilines is 2. The lowest BCUT2D eigenvalue weighted by Gasteiger charge is -2.18. The number of nitrogens with zero attached hydrogens (tertiary/aromatic N) is 3. The van der Waals surface area contributed by atoms with Gasteiger partial charge in [-0.15, -0.1) is 0 Å². The molecule has 0 bridgehead atoms. The summed E-state index contributed by atoms with van der Waals surface area (Å²) in [6, 6.07) is 22.4. The van der Waals surface area contributed by atoms with E-state index in [9.17, 15) is 17.8 Å². The molecular formula is C24H21N3O4S. The van der Waals surface area contributed by atoms with E-state index in [4.69, 9.17) is 0 Å². The van der Waals surface area contributed by atoms with Gasteiger partial charge in [0.15, 0.2) is 0 Å². The van der Waals surface area contributed by atoms with Gasteiger partial charge < -0.3 is 4.90 Å². The van der Waals surface area contributed by atoms with Crippen LogP contribution in [0.5, 0.6) is 0 Å². The molecule has 1 N–H and O–H groups in total. The second-order valence-electron chi connectivity index (χ2n) is 7.43. The molecule has 0 fully saturated rings. The van der Waals surface area contributed by atoms with E-state index in [0.29, 0.717) is 11.5 Å². The van der Waals surface area contributed by atoms with Gasteiger partial charge in [0, 0.05) is 25.3 Å². The molecule has 0 atom stereocenters. The Labute approximate surface area is 186 Å². The zero-order valence-corrected chi connectivity index (χ0v) is 18.3. The molecule has 0 aromatic heterocycles. The average molecular weight is 448 g/mol. The van der Waals surface area contributed by atoms with Gasteiger partial charge in [0.2, 0.25) is 0 Å². The number of hydrogen-bond donors (Lipinski definition) is 1. The molecule has 1 amide bonds. The summed E-state index contributed by atoms with van der Waals surface area (Å²) >= 11 is 0. The van der Waals surface area contributed by atoms with E-state index in [1.54, 1.807) is 6.08 Å². The van der Waals surface area contributed by atoms with Crippen LogP contribution in [-0.4, -0.2) is 38.8 Å². The minimum atomic E-state index is -4.33. The van der Waals surface area contributed by atoms with Crippen LogP contribution in [0, 0.1) is 0 Å². The molecule has 0 saturated heterocycles. The van der Waals surface area contributed by atoms with Crippen molar-refractivity contribution in [2.75, 3.05) is 23.9 Å². The molecular weight excluding hydrogens is 426 g/mol. The van der Waals surface area contributed by atoms with Crippen molar-refractivity contribution in [1.29, 1.82) is 0 Å². The number of benzene rings is 3. The van der Waals surface area contributed by atoms with Crippen molar-refractivity contribution < 1.29 is 17.8 Å². The van der Waals surface area contributed by atoms with E-state index in [2.05, 4.69) is 4.99 Å². The maximum absolute atomic E-state index is 13.3. The van der Waals surface area contributed by atoms with E-state index in [0.717, 1.165) is 16.8 Å². The SMILES string of the molecule is CN(C)c1ccc(C=C2N=C(c3ccccc3)N(c3ccc(S(=O)(=O)O)cc3)C2=O)cc1. The predicted octanol–water partition coefficient (Wildman–Crippen LogP) is 3.83. The van der Waals surface area contributed by atoms with Gasteiger partial charge in [0.1, 0.15) is 11.5 Å². The van der Waals surface area contributed by atoms with Gasteiger partial charge in [-0.2, -0.15) is 8.42 Å². The smallest absolute Gasteiger partial charge is 0.294 e. The fourth-order valence-corrected chi connectivity index (χ4v) is 3.81. The molecule has 0 spiro atoms. The Morgan fingerprint density at radius 3 is 2.09 bits per heavy atom. The monoisotopic (exact) mass is 447 g/mol. The molecule has 32 heavy (non-hydrogen) atoms. The van der Waals surface area contributed by atoms with Crippen molar-refractivity contribution in [1.82, 2.24) is 0 Å². The molecule has 1 aliphatic rings. The van der Waals surface area contributed by atoms with Crippen LogP contribution in [-0.2, 0) is 14.9 Å². The Kier molecular flexibility index (Phi) is 5.65. The summed E-state index contributed by atoms with van der Waals surface area (Å²) < 4.78 is 32.0. The van der Waals surface area contributed by atoms with Gasteiger partial charge in [-0.05, 0) is 48.0 Å². The van der Waals surface area contributed by atoms with E-state index in [1.807, 2.05) is 73.6 Å². The number of carbonyl (C=O) groups is 1. The second kappa shape index (κ2) is 8.41. The highest BCUT2D eigenvalue weighted by atomic mass is 32.2. The first-order valence-corrected chi connectivity index (χ1v) is 11.2. The van der Waals surface area contributed by atoms with E-state index < -0.39 is 10.1 Å². The fraction of sp³-hybridized carbons (Fsp3) is 0.0833. The molecule has 0 unspecified atom stereocenters. The summed E-state index contributed by atoms with van der Waals surface area (Å²) in [5.74, 6) is 0.103. The maximum atomic E-state index is 13.3. The van der Waals surface area contributed by atoms with Crippen LogP contribution >= 0.6 is 0 Å². The summed E-state index contributed by atoms with van der Waals surface area (Å²) in [5.41, 5.74) is 3.32.